The number of hydrogen-bond acceptors (Lipinski definition) is 3. The summed E-state index contributed by atoms with van der Waals surface area (Å²) in [7, 11) is 0. The third-order valence-corrected chi connectivity index (χ3v) is 5.96. The van der Waals surface area contributed by atoms with E-state index in [4.69, 9.17) is 0 Å². The van der Waals surface area contributed by atoms with Crippen LogP contribution < -0.4 is 0 Å². The number of Topliss-reactive ketones (excluding diaryl/α,β-unsaturated/α-hetero) is 1. The normalized spacial score (nSPS) is 14.9. The number of hydrogen-bond donors (Lipinski definition) is 0. The maximum absolute atomic E-state index is 14.0. The average molecular weight is 477 g/mol. The Hall–Kier alpha value is -3.56. The number of aryl methyl sites for hydroxylation is 1. The first-order valence-corrected chi connectivity index (χ1v) is 10.6. The fraction of sp³-hybridized carbons (Fsp3) is 0.292. The van der Waals surface area contributed by atoms with Crippen LogP contribution in [-0.4, -0.2) is 39.5 Å². The number of carbonyl (C=O) groups excluding carboxylic acids is 2. The molecule has 1 aliphatic rings. The molecule has 178 valence electrons. The highest BCUT2D eigenvalue weighted by Gasteiger charge is 2.42. The predicted octanol–water partition coefficient (Wildman–Crippen LogP) is 5.21. The second-order valence-electron chi connectivity index (χ2n) is 8.16. The van der Waals surface area contributed by atoms with Gasteiger partial charge in [0.1, 0.15) is 11.6 Å². The van der Waals surface area contributed by atoms with Gasteiger partial charge in [-0.05, 0) is 49.6 Å². The van der Waals surface area contributed by atoms with E-state index in [9.17, 15) is 31.5 Å². The van der Waals surface area contributed by atoms with Crippen LogP contribution in [0.3, 0.4) is 0 Å². The first kappa shape index (κ1) is 23.6. The highest BCUT2D eigenvalue weighted by atomic mass is 19.4. The lowest BCUT2D eigenvalue weighted by Gasteiger charge is -2.31. The number of ketones is 1. The fourth-order valence-electron chi connectivity index (χ4n) is 4.18. The van der Waals surface area contributed by atoms with Gasteiger partial charge in [-0.1, -0.05) is 18.2 Å². The molecule has 3 aromatic rings. The van der Waals surface area contributed by atoms with Crippen LogP contribution in [0.15, 0.2) is 48.7 Å². The van der Waals surface area contributed by atoms with Gasteiger partial charge in [0, 0.05) is 19.0 Å². The third kappa shape index (κ3) is 4.44. The summed E-state index contributed by atoms with van der Waals surface area (Å²) in [5.41, 5.74) is -1.37. The van der Waals surface area contributed by atoms with Crippen molar-refractivity contribution < 1.29 is 31.5 Å². The van der Waals surface area contributed by atoms with Crippen LogP contribution in [0.2, 0.25) is 0 Å². The maximum atomic E-state index is 14.0. The first-order chi connectivity index (χ1) is 16.1. The molecule has 2 aromatic carbocycles. The minimum absolute atomic E-state index is 0.000976. The van der Waals surface area contributed by atoms with Gasteiger partial charge in [0.15, 0.2) is 11.5 Å². The number of para-hydroxylation sites is 1. The Kier molecular flexibility index (Phi) is 6.24. The fourth-order valence-corrected chi connectivity index (χ4v) is 4.18. The van der Waals surface area contributed by atoms with Gasteiger partial charge < -0.3 is 4.90 Å². The van der Waals surface area contributed by atoms with Crippen molar-refractivity contribution in [1.29, 1.82) is 0 Å². The molecule has 2 heterocycles. The van der Waals surface area contributed by atoms with E-state index in [1.807, 2.05) is 0 Å². The van der Waals surface area contributed by atoms with Gasteiger partial charge in [-0.2, -0.15) is 18.3 Å². The van der Waals surface area contributed by atoms with Crippen LogP contribution in [0.5, 0.6) is 0 Å². The summed E-state index contributed by atoms with van der Waals surface area (Å²) in [5, 5.41) is 3.85. The number of aromatic nitrogens is 2. The summed E-state index contributed by atoms with van der Waals surface area (Å²) < 4.78 is 70.0. The second-order valence-corrected chi connectivity index (χ2v) is 8.16. The maximum Gasteiger partial charge on any atom is 0.434 e. The average Bonchev–Trinajstić information content (AvgIpc) is 3.26. The van der Waals surface area contributed by atoms with Crippen molar-refractivity contribution >= 4 is 11.7 Å². The standard InChI is InChI=1S/C24H20F5N3O2/c1-14-4-2-3-5-20(14)32-22(24(27,28)29)18(13-30-32)23(34)31-10-8-15(9-11-31)21(33)17-12-16(25)6-7-19(17)26/h2-7,12-13,15H,8-11H2,1H3. The number of halogens is 5. The van der Waals surface area contributed by atoms with Crippen molar-refractivity contribution in [2.45, 2.75) is 25.9 Å². The lowest BCUT2D eigenvalue weighted by molar-refractivity contribution is -0.143. The molecule has 1 saturated heterocycles. The van der Waals surface area contributed by atoms with Crippen LogP contribution in [0.1, 0.15) is 44.8 Å². The molecular formula is C24H20F5N3O2. The van der Waals surface area contributed by atoms with Crippen LogP contribution in [0, 0.1) is 24.5 Å². The number of carbonyl (C=O) groups is 2. The number of amides is 1. The Balaban J connectivity index is 1.55. The van der Waals surface area contributed by atoms with Crippen molar-refractivity contribution in [3.05, 3.63) is 82.7 Å². The Morgan fingerprint density at radius 3 is 2.32 bits per heavy atom. The molecule has 1 aromatic heterocycles. The van der Waals surface area contributed by atoms with Crippen molar-refractivity contribution in [3.63, 3.8) is 0 Å². The van der Waals surface area contributed by atoms with E-state index < -0.39 is 46.7 Å². The van der Waals surface area contributed by atoms with E-state index in [-0.39, 0.29) is 37.2 Å². The molecule has 0 saturated carbocycles. The Morgan fingerprint density at radius 2 is 1.68 bits per heavy atom. The van der Waals surface area contributed by atoms with Gasteiger partial charge >= 0.3 is 6.18 Å². The zero-order valence-corrected chi connectivity index (χ0v) is 18.1. The third-order valence-electron chi connectivity index (χ3n) is 5.96. The molecule has 0 atom stereocenters. The second kappa shape index (κ2) is 9.00. The lowest BCUT2D eigenvalue weighted by Crippen LogP contribution is -2.41. The summed E-state index contributed by atoms with van der Waals surface area (Å²) in [6.07, 6.45) is -3.70. The van der Waals surface area contributed by atoms with E-state index in [0.717, 1.165) is 24.4 Å². The Labute approximate surface area is 191 Å². The van der Waals surface area contributed by atoms with Crippen molar-refractivity contribution in [1.82, 2.24) is 14.7 Å². The van der Waals surface area contributed by atoms with Crippen LogP contribution in [0.4, 0.5) is 22.0 Å². The van der Waals surface area contributed by atoms with E-state index >= 15 is 0 Å². The van der Waals surface area contributed by atoms with E-state index in [2.05, 4.69) is 5.10 Å². The summed E-state index contributed by atoms with van der Waals surface area (Å²) in [6.45, 7) is 1.64. The molecule has 1 amide bonds. The molecule has 10 heteroatoms. The minimum atomic E-state index is -4.84. The van der Waals surface area contributed by atoms with Crippen molar-refractivity contribution in [3.8, 4) is 5.69 Å². The van der Waals surface area contributed by atoms with E-state index in [0.29, 0.717) is 10.2 Å². The molecule has 0 radical (unpaired) electrons. The number of nitrogens with zero attached hydrogens (tertiary/aromatic N) is 3. The van der Waals surface area contributed by atoms with Gasteiger partial charge in [0.05, 0.1) is 23.0 Å². The number of rotatable bonds is 4. The van der Waals surface area contributed by atoms with E-state index in [1.54, 1.807) is 25.1 Å². The smallest absolute Gasteiger partial charge is 0.338 e. The molecule has 0 N–H and O–H groups in total. The molecule has 0 bridgehead atoms. The highest BCUT2D eigenvalue weighted by Crippen LogP contribution is 2.35. The quantitative estimate of drug-likeness (QED) is 0.383. The van der Waals surface area contributed by atoms with Crippen LogP contribution in [-0.2, 0) is 6.18 Å². The molecule has 4 rings (SSSR count). The monoisotopic (exact) mass is 477 g/mol. The predicted molar refractivity (Wildman–Crippen MR) is 113 cm³/mol. The Bertz CT molecular complexity index is 1240. The summed E-state index contributed by atoms with van der Waals surface area (Å²) in [6, 6.07) is 8.98. The van der Waals surface area contributed by atoms with Gasteiger partial charge in [-0.3, -0.25) is 9.59 Å². The molecule has 0 aliphatic carbocycles. The zero-order valence-electron chi connectivity index (χ0n) is 18.1. The van der Waals surface area contributed by atoms with Crippen molar-refractivity contribution in [2.24, 2.45) is 5.92 Å². The largest absolute Gasteiger partial charge is 0.434 e. The van der Waals surface area contributed by atoms with Gasteiger partial charge in [0.25, 0.3) is 5.91 Å². The summed E-state index contributed by atoms with van der Waals surface area (Å²) >= 11 is 0. The molecule has 1 aliphatic heterocycles. The first-order valence-electron chi connectivity index (χ1n) is 10.6. The number of alkyl halides is 3. The minimum Gasteiger partial charge on any atom is -0.338 e. The van der Waals surface area contributed by atoms with Crippen LogP contribution in [0.25, 0.3) is 5.69 Å². The highest BCUT2D eigenvalue weighted by molar-refractivity contribution is 5.99. The Morgan fingerprint density at radius 1 is 1.00 bits per heavy atom. The number of benzene rings is 2. The topological polar surface area (TPSA) is 55.2 Å². The van der Waals surface area contributed by atoms with Gasteiger partial charge in [-0.15, -0.1) is 0 Å². The summed E-state index contributed by atoms with van der Waals surface area (Å²) in [4.78, 5) is 26.9. The molecule has 0 spiro atoms. The zero-order chi connectivity index (χ0) is 24.6. The number of likely N-dealkylation sites (tertiary alicyclic amines) is 1. The van der Waals surface area contributed by atoms with E-state index in [1.165, 1.54) is 11.0 Å². The van der Waals surface area contributed by atoms with Crippen LogP contribution >= 0.6 is 0 Å². The van der Waals surface area contributed by atoms with Gasteiger partial charge in [0.2, 0.25) is 0 Å². The SMILES string of the molecule is Cc1ccccc1-n1ncc(C(=O)N2CCC(C(=O)c3cc(F)ccc3F)CC2)c1C(F)(F)F. The summed E-state index contributed by atoms with van der Waals surface area (Å²) in [5.74, 6) is -3.70. The molecule has 1 fully saturated rings. The lowest BCUT2D eigenvalue weighted by atomic mass is 9.88. The molecule has 34 heavy (non-hydrogen) atoms. The van der Waals surface area contributed by atoms with Gasteiger partial charge in [-0.25, -0.2) is 13.5 Å². The van der Waals surface area contributed by atoms with Crippen molar-refractivity contribution in [2.75, 3.05) is 13.1 Å². The molecule has 0 unspecified atom stereocenters. The molecule has 5 nitrogen and oxygen atoms in total. The number of piperidine rings is 1. The molecular weight excluding hydrogens is 457 g/mol.